The molecular weight excluding hydrogens is 407 g/mol. The van der Waals surface area contributed by atoms with Crippen molar-refractivity contribution in [2.45, 2.75) is 57.6 Å². The zero-order chi connectivity index (χ0) is 22.2. The Balaban J connectivity index is 1.56. The van der Waals surface area contributed by atoms with Crippen molar-refractivity contribution in [3.05, 3.63) is 76.2 Å². The van der Waals surface area contributed by atoms with E-state index in [0.29, 0.717) is 11.1 Å². The molecule has 2 aliphatic carbocycles. The number of amides is 1. The van der Waals surface area contributed by atoms with Crippen LogP contribution in [0.4, 0.5) is 4.39 Å². The van der Waals surface area contributed by atoms with Gasteiger partial charge in [0.2, 0.25) is 6.10 Å². The molecule has 1 aromatic heterocycles. The molecule has 0 radical (unpaired) electrons. The normalized spacial score (nSPS) is 16.3. The quantitative estimate of drug-likeness (QED) is 0.592. The Morgan fingerprint density at radius 1 is 1.09 bits per heavy atom. The van der Waals surface area contributed by atoms with E-state index in [1.807, 2.05) is 25.1 Å². The van der Waals surface area contributed by atoms with E-state index in [9.17, 15) is 14.0 Å². The van der Waals surface area contributed by atoms with Gasteiger partial charge in [0, 0.05) is 22.7 Å². The number of hydrogen-bond acceptors (Lipinski definition) is 4. The number of nitrogens with one attached hydrogen (secondary N) is 1. The first-order chi connectivity index (χ1) is 15.5. The van der Waals surface area contributed by atoms with E-state index in [-0.39, 0.29) is 11.9 Å². The van der Waals surface area contributed by atoms with Crippen LogP contribution >= 0.6 is 0 Å². The molecule has 1 amide bonds. The fourth-order valence-electron chi connectivity index (χ4n) is 4.35. The fraction of sp³-hybridized carbons (Fsp3) is 0.346. The molecule has 0 bridgehead atoms. The van der Waals surface area contributed by atoms with Crippen molar-refractivity contribution >= 4 is 22.8 Å². The second kappa shape index (κ2) is 8.34. The first kappa shape index (κ1) is 20.6. The Labute approximate surface area is 186 Å². The highest BCUT2D eigenvalue weighted by molar-refractivity contribution is 6.06. The lowest BCUT2D eigenvalue weighted by Crippen LogP contribution is -2.34. The highest BCUT2D eigenvalue weighted by Crippen LogP contribution is 2.32. The summed E-state index contributed by atoms with van der Waals surface area (Å²) in [5.41, 5.74) is 4.57. The molecule has 2 aromatic carbocycles. The highest BCUT2D eigenvalue weighted by Gasteiger charge is 2.33. The fourth-order valence-corrected chi connectivity index (χ4v) is 4.35. The summed E-state index contributed by atoms with van der Waals surface area (Å²) in [5.74, 6) is -1.33. The summed E-state index contributed by atoms with van der Waals surface area (Å²) < 4.78 is 19.4. The number of aromatic nitrogens is 1. The first-order valence-corrected chi connectivity index (χ1v) is 11.2. The van der Waals surface area contributed by atoms with Gasteiger partial charge < -0.3 is 10.1 Å². The van der Waals surface area contributed by atoms with Crippen LogP contribution in [0, 0.1) is 12.7 Å². The highest BCUT2D eigenvalue weighted by atomic mass is 19.1. The number of nitrogens with zero attached hydrogens (tertiary/aromatic N) is 1. The average molecular weight is 432 g/mol. The van der Waals surface area contributed by atoms with E-state index in [2.05, 4.69) is 5.32 Å². The number of benzene rings is 2. The van der Waals surface area contributed by atoms with E-state index in [4.69, 9.17) is 9.72 Å². The van der Waals surface area contributed by atoms with Gasteiger partial charge in [-0.1, -0.05) is 23.8 Å². The number of rotatable bonds is 5. The third-order valence-electron chi connectivity index (χ3n) is 6.18. The molecule has 1 atom stereocenters. The summed E-state index contributed by atoms with van der Waals surface area (Å²) in [4.78, 5) is 31.4. The maximum atomic E-state index is 13.6. The number of fused-ring (bicyclic) bond motifs is 2. The second-order valence-electron chi connectivity index (χ2n) is 8.76. The molecular formula is C26H25FN2O3. The van der Waals surface area contributed by atoms with Crippen LogP contribution in [-0.4, -0.2) is 22.9 Å². The van der Waals surface area contributed by atoms with Crippen LogP contribution < -0.4 is 5.32 Å². The van der Waals surface area contributed by atoms with Gasteiger partial charge in [0.15, 0.2) is 0 Å². The summed E-state index contributed by atoms with van der Waals surface area (Å²) in [5, 5.41) is 3.66. The van der Waals surface area contributed by atoms with Gasteiger partial charge in [0.1, 0.15) is 5.82 Å². The number of aryl methyl sites for hydroxylation is 2. The number of hydrogen-bond donors (Lipinski definition) is 1. The minimum Gasteiger partial charge on any atom is -0.444 e. The summed E-state index contributed by atoms with van der Waals surface area (Å²) in [6.07, 6.45) is 4.28. The van der Waals surface area contributed by atoms with Crippen LogP contribution in [0.1, 0.15) is 64.5 Å². The largest absolute Gasteiger partial charge is 0.444 e. The van der Waals surface area contributed by atoms with Crippen LogP contribution in [0.25, 0.3) is 10.9 Å². The van der Waals surface area contributed by atoms with E-state index >= 15 is 0 Å². The number of esters is 1. The maximum Gasteiger partial charge on any atom is 0.340 e. The van der Waals surface area contributed by atoms with Gasteiger partial charge in [-0.3, -0.25) is 9.78 Å². The number of ether oxygens (including phenoxy) is 1. The Morgan fingerprint density at radius 3 is 2.59 bits per heavy atom. The Kier molecular flexibility index (Phi) is 5.37. The summed E-state index contributed by atoms with van der Waals surface area (Å²) in [7, 11) is 0. The van der Waals surface area contributed by atoms with Gasteiger partial charge >= 0.3 is 5.97 Å². The summed E-state index contributed by atoms with van der Waals surface area (Å²) in [6.45, 7) is 1.97. The van der Waals surface area contributed by atoms with E-state index in [1.54, 1.807) is 0 Å². The molecule has 164 valence electrons. The molecule has 2 aliphatic rings. The molecule has 0 spiro atoms. The molecule has 1 unspecified atom stereocenters. The van der Waals surface area contributed by atoms with Crippen molar-refractivity contribution in [1.82, 2.24) is 10.3 Å². The average Bonchev–Trinajstić information content (AvgIpc) is 3.60. The summed E-state index contributed by atoms with van der Waals surface area (Å²) in [6, 6.07) is 11.5. The Morgan fingerprint density at radius 2 is 1.84 bits per heavy atom. The smallest absolute Gasteiger partial charge is 0.340 e. The maximum absolute atomic E-state index is 13.6. The van der Waals surface area contributed by atoms with Crippen LogP contribution in [0.15, 0.2) is 42.5 Å². The lowest BCUT2D eigenvalue weighted by molar-refractivity contribution is -0.130. The minimum absolute atomic E-state index is 0.112. The van der Waals surface area contributed by atoms with Gasteiger partial charge in [0.05, 0.1) is 11.1 Å². The van der Waals surface area contributed by atoms with Gasteiger partial charge in [-0.25, -0.2) is 9.18 Å². The molecule has 3 aromatic rings. The third kappa shape index (κ3) is 4.09. The molecule has 5 nitrogen and oxygen atoms in total. The van der Waals surface area contributed by atoms with Crippen molar-refractivity contribution in [1.29, 1.82) is 0 Å². The molecule has 5 rings (SSSR count). The number of carbonyl (C=O) groups is 2. The predicted octanol–water partition coefficient (Wildman–Crippen LogP) is 4.74. The predicted molar refractivity (Wildman–Crippen MR) is 119 cm³/mol. The monoisotopic (exact) mass is 432 g/mol. The first-order valence-electron chi connectivity index (χ1n) is 11.2. The van der Waals surface area contributed by atoms with E-state index < -0.39 is 17.9 Å². The minimum atomic E-state index is -1.14. The zero-order valence-electron chi connectivity index (χ0n) is 18.0. The van der Waals surface area contributed by atoms with Crippen LogP contribution in [-0.2, 0) is 22.4 Å². The topological polar surface area (TPSA) is 68.3 Å². The number of pyridine rings is 1. The molecule has 0 saturated heterocycles. The second-order valence-corrected chi connectivity index (χ2v) is 8.76. The standard InChI is InChI=1S/C26H25FN2O3/c1-15-6-13-22-20(14-15)23(19-4-2-3-5-21(19)29-22)26(31)32-24(25(30)28-18-11-12-18)16-7-9-17(27)10-8-16/h6-10,13-14,18,24H,2-5,11-12H2,1H3,(H,28,30). The van der Waals surface area contributed by atoms with E-state index in [0.717, 1.165) is 66.2 Å². The summed E-state index contributed by atoms with van der Waals surface area (Å²) >= 11 is 0. The van der Waals surface area contributed by atoms with Crippen molar-refractivity contribution in [3.63, 3.8) is 0 Å². The van der Waals surface area contributed by atoms with Gasteiger partial charge in [-0.05, 0) is 75.3 Å². The van der Waals surface area contributed by atoms with Crippen LogP contribution in [0.5, 0.6) is 0 Å². The third-order valence-corrected chi connectivity index (χ3v) is 6.18. The lowest BCUT2D eigenvalue weighted by Gasteiger charge is -2.23. The van der Waals surface area contributed by atoms with Crippen molar-refractivity contribution in [3.8, 4) is 0 Å². The lowest BCUT2D eigenvalue weighted by atomic mass is 9.89. The van der Waals surface area contributed by atoms with Gasteiger partial charge in [-0.15, -0.1) is 0 Å². The molecule has 6 heteroatoms. The van der Waals surface area contributed by atoms with E-state index in [1.165, 1.54) is 24.3 Å². The number of carbonyl (C=O) groups excluding carboxylic acids is 2. The van der Waals surface area contributed by atoms with Crippen molar-refractivity contribution < 1.29 is 18.7 Å². The number of halogens is 1. The Hall–Kier alpha value is -3.28. The zero-order valence-corrected chi connectivity index (χ0v) is 18.0. The molecule has 1 heterocycles. The van der Waals surface area contributed by atoms with Crippen LogP contribution in [0.3, 0.4) is 0 Å². The van der Waals surface area contributed by atoms with Crippen LogP contribution in [0.2, 0.25) is 0 Å². The molecule has 1 fully saturated rings. The Bertz CT molecular complexity index is 1200. The van der Waals surface area contributed by atoms with Crippen molar-refractivity contribution in [2.24, 2.45) is 0 Å². The SMILES string of the molecule is Cc1ccc2nc3c(c(C(=O)OC(C(=O)NC4CC4)c4ccc(F)cc4)c2c1)CCCC3. The van der Waals surface area contributed by atoms with Crippen molar-refractivity contribution in [2.75, 3.05) is 0 Å². The molecule has 0 aliphatic heterocycles. The molecule has 1 N–H and O–H groups in total. The van der Waals surface area contributed by atoms with Gasteiger partial charge in [0.25, 0.3) is 5.91 Å². The molecule has 1 saturated carbocycles. The van der Waals surface area contributed by atoms with Gasteiger partial charge in [-0.2, -0.15) is 0 Å². The molecule has 32 heavy (non-hydrogen) atoms.